The average Bonchev–Trinajstić information content (AvgIpc) is 3.03. The van der Waals surface area contributed by atoms with Gasteiger partial charge in [-0.1, -0.05) is 5.16 Å². The van der Waals surface area contributed by atoms with Crippen molar-refractivity contribution in [3.05, 3.63) is 41.8 Å². The number of anilines is 2. The summed E-state index contributed by atoms with van der Waals surface area (Å²) in [6.45, 7) is 2.63. The first-order valence-electron chi connectivity index (χ1n) is 7.99. The highest BCUT2D eigenvalue weighted by molar-refractivity contribution is 6.05. The molecule has 132 valence electrons. The van der Waals surface area contributed by atoms with Crippen LogP contribution in [0.5, 0.6) is 0 Å². The highest BCUT2D eigenvalue weighted by Gasteiger charge is 2.35. The van der Waals surface area contributed by atoms with E-state index in [0.717, 1.165) is 0 Å². The van der Waals surface area contributed by atoms with Crippen LogP contribution in [0.2, 0.25) is 0 Å². The summed E-state index contributed by atoms with van der Waals surface area (Å²) in [6.07, 6.45) is 2.35. The molecule has 1 aliphatic heterocycles. The van der Waals surface area contributed by atoms with E-state index in [2.05, 4.69) is 15.8 Å². The molecule has 2 aromatic rings. The molecule has 0 saturated carbocycles. The van der Waals surface area contributed by atoms with Gasteiger partial charge in [0.05, 0.1) is 6.20 Å². The van der Waals surface area contributed by atoms with Gasteiger partial charge in [0.1, 0.15) is 16.9 Å². The van der Waals surface area contributed by atoms with Crippen LogP contribution in [0.1, 0.15) is 29.0 Å². The van der Waals surface area contributed by atoms with Crippen molar-refractivity contribution in [3.63, 3.8) is 0 Å². The van der Waals surface area contributed by atoms with Gasteiger partial charge in [-0.2, -0.15) is 0 Å². The molecule has 4 N–H and O–H groups in total. The van der Waals surface area contributed by atoms with Crippen LogP contribution in [0.3, 0.4) is 0 Å². The molecule has 0 atom stereocenters. The lowest BCUT2D eigenvalue weighted by Crippen LogP contribution is -2.54. The molecular weight excluding hydrogens is 324 g/mol. The molecule has 0 aliphatic carbocycles. The maximum Gasteiger partial charge on any atom is 0.260 e. The highest BCUT2D eigenvalue weighted by Crippen LogP contribution is 2.21. The summed E-state index contributed by atoms with van der Waals surface area (Å²) < 4.78 is 10.1. The molecule has 0 radical (unpaired) electrons. The van der Waals surface area contributed by atoms with Gasteiger partial charge in [0.2, 0.25) is 5.91 Å². The number of benzene rings is 1. The molecule has 1 aromatic carbocycles. The van der Waals surface area contributed by atoms with E-state index in [-0.39, 0.29) is 11.8 Å². The normalized spacial score (nSPS) is 16.2. The molecule has 0 unspecified atom stereocenters. The first kappa shape index (κ1) is 17.1. The van der Waals surface area contributed by atoms with Crippen LogP contribution in [0.15, 0.2) is 35.0 Å². The van der Waals surface area contributed by atoms with Crippen molar-refractivity contribution in [2.24, 2.45) is 5.73 Å². The summed E-state index contributed by atoms with van der Waals surface area (Å²) >= 11 is 0. The second-order valence-electron chi connectivity index (χ2n) is 6.05. The number of carbonyl (C=O) groups excluding carboxylic acids is 2. The Morgan fingerprint density at radius 3 is 2.28 bits per heavy atom. The fourth-order valence-electron chi connectivity index (χ4n) is 2.57. The number of nitrogens with one attached hydrogen (secondary N) is 2. The number of rotatable bonds is 4. The number of amides is 2. The monoisotopic (exact) mass is 344 g/mol. The van der Waals surface area contributed by atoms with Gasteiger partial charge in [-0.3, -0.25) is 9.59 Å². The standard InChI is InChI=1S/C17H20N4O4/c1-11-14(10-19-25-11)15(22)20-12-2-4-13(5-3-12)21-16(23)17(18)6-8-24-9-7-17/h2-5,10H,6-9,18H2,1H3,(H,20,22)(H,21,23). The van der Waals surface area contributed by atoms with E-state index < -0.39 is 5.54 Å². The van der Waals surface area contributed by atoms with Crippen molar-refractivity contribution in [1.82, 2.24) is 5.16 Å². The third-order valence-electron chi connectivity index (χ3n) is 4.23. The molecule has 1 aromatic heterocycles. The molecule has 0 spiro atoms. The largest absolute Gasteiger partial charge is 0.381 e. The number of nitrogens with two attached hydrogens (primary N) is 1. The Hall–Kier alpha value is -2.71. The second-order valence-corrected chi connectivity index (χ2v) is 6.05. The summed E-state index contributed by atoms with van der Waals surface area (Å²) in [5, 5.41) is 9.13. The van der Waals surface area contributed by atoms with E-state index in [1.54, 1.807) is 31.2 Å². The Morgan fingerprint density at radius 2 is 1.72 bits per heavy atom. The second kappa shape index (κ2) is 7.04. The zero-order chi connectivity index (χ0) is 17.9. The fraction of sp³-hybridized carbons (Fsp3) is 0.353. The molecule has 8 nitrogen and oxygen atoms in total. The number of aromatic nitrogens is 1. The third kappa shape index (κ3) is 3.86. The van der Waals surface area contributed by atoms with Gasteiger partial charge in [-0.15, -0.1) is 0 Å². The smallest absolute Gasteiger partial charge is 0.260 e. The molecule has 1 aliphatic rings. The van der Waals surface area contributed by atoms with Crippen LogP contribution in [-0.2, 0) is 9.53 Å². The van der Waals surface area contributed by atoms with E-state index in [1.165, 1.54) is 6.20 Å². The summed E-state index contributed by atoms with van der Waals surface area (Å²) in [6, 6.07) is 6.81. The average molecular weight is 344 g/mol. The summed E-state index contributed by atoms with van der Waals surface area (Å²) in [7, 11) is 0. The van der Waals surface area contributed by atoms with Crippen LogP contribution < -0.4 is 16.4 Å². The van der Waals surface area contributed by atoms with Crippen molar-refractivity contribution in [1.29, 1.82) is 0 Å². The molecule has 1 fully saturated rings. The third-order valence-corrected chi connectivity index (χ3v) is 4.23. The van der Waals surface area contributed by atoms with Crippen LogP contribution >= 0.6 is 0 Å². The van der Waals surface area contributed by atoms with Crippen molar-refractivity contribution >= 4 is 23.2 Å². The Labute approximate surface area is 144 Å². The molecule has 0 bridgehead atoms. The van der Waals surface area contributed by atoms with Gasteiger partial charge in [-0.05, 0) is 44.0 Å². The minimum Gasteiger partial charge on any atom is -0.381 e. The number of carbonyl (C=O) groups is 2. The number of nitrogens with zero attached hydrogens (tertiary/aromatic N) is 1. The Morgan fingerprint density at radius 1 is 1.12 bits per heavy atom. The fourth-order valence-corrected chi connectivity index (χ4v) is 2.57. The summed E-state index contributed by atoms with van der Waals surface area (Å²) in [4.78, 5) is 24.5. The Kier molecular flexibility index (Phi) is 4.82. The molecule has 1 saturated heterocycles. The Bertz CT molecular complexity index is 763. The number of aryl methyl sites for hydroxylation is 1. The maximum absolute atomic E-state index is 12.4. The van der Waals surface area contributed by atoms with E-state index in [4.69, 9.17) is 15.0 Å². The first-order chi connectivity index (χ1) is 12.0. The molecule has 8 heteroatoms. The van der Waals surface area contributed by atoms with Crippen LogP contribution in [0.25, 0.3) is 0 Å². The number of hydrogen-bond acceptors (Lipinski definition) is 6. The zero-order valence-corrected chi connectivity index (χ0v) is 13.9. The lowest BCUT2D eigenvalue weighted by atomic mass is 9.90. The Balaban J connectivity index is 1.61. The van der Waals surface area contributed by atoms with E-state index >= 15 is 0 Å². The lowest BCUT2D eigenvalue weighted by molar-refractivity contribution is -0.124. The summed E-state index contributed by atoms with van der Waals surface area (Å²) in [5.41, 5.74) is 6.83. The molecule has 2 amide bonds. The maximum atomic E-state index is 12.4. The van der Waals surface area contributed by atoms with Gasteiger partial charge in [0.25, 0.3) is 5.91 Å². The van der Waals surface area contributed by atoms with Gasteiger partial charge in [-0.25, -0.2) is 0 Å². The minimum absolute atomic E-state index is 0.229. The van der Waals surface area contributed by atoms with Crippen LogP contribution in [0.4, 0.5) is 11.4 Å². The van der Waals surface area contributed by atoms with Crippen molar-refractivity contribution < 1.29 is 18.8 Å². The SMILES string of the molecule is Cc1oncc1C(=O)Nc1ccc(NC(=O)C2(N)CCOCC2)cc1. The predicted molar refractivity (Wildman–Crippen MR) is 91.2 cm³/mol. The molecular formula is C17H20N4O4. The zero-order valence-electron chi connectivity index (χ0n) is 13.9. The molecule has 2 heterocycles. The molecule has 3 rings (SSSR count). The minimum atomic E-state index is -0.906. The van der Waals surface area contributed by atoms with Crippen molar-refractivity contribution in [3.8, 4) is 0 Å². The van der Waals surface area contributed by atoms with Gasteiger partial charge in [0.15, 0.2) is 0 Å². The lowest BCUT2D eigenvalue weighted by Gasteiger charge is -2.31. The highest BCUT2D eigenvalue weighted by atomic mass is 16.5. The van der Waals surface area contributed by atoms with E-state index in [0.29, 0.717) is 48.8 Å². The van der Waals surface area contributed by atoms with Gasteiger partial charge < -0.3 is 25.6 Å². The predicted octanol–water partition coefficient (Wildman–Crippen LogP) is 1.68. The van der Waals surface area contributed by atoms with E-state index in [1.807, 2.05) is 0 Å². The van der Waals surface area contributed by atoms with E-state index in [9.17, 15) is 9.59 Å². The quantitative estimate of drug-likeness (QED) is 0.776. The summed E-state index contributed by atoms with van der Waals surface area (Å²) in [5.74, 6) is -0.0857. The van der Waals surface area contributed by atoms with Crippen LogP contribution in [-0.4, -0.2) is 35.7 Å². The topological polar surface area (TPSA) is 119 Å². The number of hydrogen-bond donors (Lipinski definition) is 3. The van der Waals surface area contributed by atoms with Crippen LogP contribution in [0, 0.1) is 6.92 Å². The van der Waals surface area contributed by atoms with Crippen molar-refractivity contribution in [2.45, 2.75) is 25.3 Å². The number of ether oxygens (including phenoxy) is 1. The van der Waals surface area contributed by atoms with Crippen molar-refractivity contribution in [2.75, 3.05) is 23.8 Å². The van der Waals surface area contributed by atoms with Gasteiger partial charge in [0, 0.05) is 24.6 Å². The van der Waals surface area contributed by atoms with Gasteiger partial charge >= 0.3 is 0 Å². The molecule has 25 heavy (non-hydrogen) atoms. The first-order valence-corrected chi connectivity index (χ1v) is 7.99.